The first-order valence-corrected chi connectivity index (χ1v) is 8.91. The number of aromatic nitrogens is 4. The Bertz CT molecular complexity index is 1080. The van der Waals surface area contributed by atoms with Crippen molar-refractivity contribution in [3.05, 3.63) is 48.2 Å². The first-order chi connectivity index (χ1) is 13.2. The van der Waals surface area contributed by atoms with Gasteiger partial charge in [0.15, 0.2) is 11.5 Å². The topological polar surface area (TPSA) is 94.1 Å². The quantitative estimate of drug-likeness (QED) is 0.519. The molecule has 4 rings (SSSR count). The number of benzene rings is 2. The van der Waals surface area contributed by atoms with E-state index in [9.17, 15) is 0 Å². The van der Waals surface area contributed by atoms with E-state index in [2.05, 4.69) is 30.6 Å². The van der Waals surface area contributed by atoms with E-state index >= 15 is 0 Å². The summed E-state index contributed by atoms with van der Waals surface area (Å²) in [5.41, 5.74) is 4.45. The van der Waals surface area contributed by atoms with E-state index in [1.165, 1.54) is 6.33 Å². The van der Waals surface area contributed by atoms with Crippen molar-refractivity contribution < 1.29 is 9.47 Å². The normalized spacial score (nSPS) is 10.6. The maximum absolute atomic E-state index is 5.31. The van der Waals surface area contributed by atoms with Crippen molar-refractivity contribution in [2.75, 3.05) is 24.9 Å². The van der Waals surface area contributed by atoms with Crippen LogP contribution in [0.15, 0.2) is 48.2 Å². The number of ether oxygens (including phenoxy) is 2. The van der Waals surface area contributed by atoms with E-state index in [0.29, 0.717) is 23.4 Å². The molecule has 0 radical (unpaired) electrons. The molecule has 0 aliphatic rings. The summed E-state index contributed by atoms with van der Waals surface area (Å²) in [6.45, 7) is 0. The zero-order valence-electron chi connectivity index (χ0n) is 14.6. The van der Waals surface area contributed by atoms with Crippen LogP contribution in [0.5, 0.6) is 11.5 Å². The fraction of sp³-hybridized carbons (Fsp3) is 0.111. The Balaban J connectivity index is 1.53. The number of fused-ring (bicyclic) bond motifs is 1. The molecule has 2 aromatic heterocycles. The SMILES string of the molecule is COc1ccc(Nc2ncnc(Nc3ccc4ncsc4c3)n2)cc1OC. The van der Waals surface area contributed by atoms with Crippen molar-refractivity contribution >= 4 is 44.8 Å². The highest BCUT2D eigenvalue weighted by atomic mass is 32.1. The van der Waals surface area contributed by atoms with E-state index in [4.69, 9.17) is 9.47 Å². The highest BCUT2D eigenvalue weighted by Crippen LogP contribution is 2.30. The lowest BCUT2D eigenvalue weighted by atomic mass is 10.3. The van der Waals surface area contributed by atoms with Gasteiger partial charge < -0.3 is 20.1 Å². The van der Waals surface area contributed by atoms with Crippen molar-refractivity contribution in [2.24, 2.45) is 0 Å². The molecule has 2 N–H and O–H groups in total. The molecule has 0 fully saturated rings. The minimum Gasteiger partial charge on any atom is -0.493 e. The number of rotatable bonds is 6. The summed E-state index contributed by atoms with van der Waals surface area (Å²) >= 11 is 1.58. The molecule has 0 aliphatic heterocycles. The van der Waals surface area contributed by atoms with Gasteiger partial charge in [0.2, 0.25) is 11.9 Å². The molecule has 0 aliphatic carbocycles. The Hall–Kier alpha value is -3.46. The van der Waals surface area contributed by atoms with E-state index in [-0.39, 0.29) is 0 Å². The van der Waals surface area contributed by atoms with Crippen LogP contribution in [0.2, 0.25) is 0 Å². The fourth-order valence-corrected chi connectivity index (χ4v) is 3.24. The average Bonchev–Trinajstić information content (AvgIpc) is 3.16. The summed E-state index contributed by atoms with van der Waals surface area (Å²) in [6, 6.07) is 11.4. The molecule has 2 aromatic carbocycles. The molecule has 27 heavy (non-hydrogen) atoms. The summed E-state index contributed by atoms with van der Waals surface area (Å²) in [6.07, 6.45) is 1.45. The number of nitrogens with zero attached hydrogens (tertiary/aromatic N) is 4. The minimum absolute atomic E-state index is 0.415. The zero-order valence-corrected chi connectivity index (χ0v) is 15.4. The largest absolute Gasteiger partial charge is 0.493 e. The summed E-state index contributed by atoms with van der Waals surface area (Å²) in [7, 11) is 3.19. The molecule has 2 heterocycles. The number of hydrogen-bond acceptors (Lipinski definition) is 9. The predicted octanol–water partition coefficient (Wildman–Crippen LogP) is 3.99. The van der Waals surface area contributed by atoms with Crippen molar-refractivity contribution in [2.45, 2.75) is 0 Å². The third-order valence-electron chi connectivity index (χ3n) is 3.80. The van der Waals surface area contributed by atoms with Gasteiger partial charge in [-0.2, -0.15) is 4.98 Å². The van der Waals surface area contributed by atoms with Crippen LogP contribution in [0.1, 0.15) is 0 Å². The maximum Gasteiger partial charge on any atom is 0.232 e. The summed E-state index contributed by atoms with van der Waals surface area (Å²) in [4.78, 5) is 17.0. The third kappa shape index (κ3) is 3.72. The number of thiazole rings is 1. The van der Waals surface area contributed by atoms with Crippen LogP contribution >= 0.6 is 11.3 Å². The van der Waals surface area contributed by atoms with Gasteiger partial charge in [0, 0.05) is 17.4 Å². The second-order valence-electron chi connectivity index (χ2n) is 5.49. The molecular weight excluding hydrogens is 364 g/mol. The Kier molecular flexibility index (Phi) is 4.67. The second-order valence-corrected chi connectivity index (χ2v) is 6.37. The van der Waals surface area contributed by atoms with Gasteiger partial charge in [0.05, 0.1) is 29.9 Å². The van der Waals surface area contributed by atoms with Crippen LogP contribution in [0.3, 0.4) is 0 Å². The zero-order chi connectivity index (χ0) is 18.6. The summed E-state index contributed by atoms with van der Waals surface area (Å²) in [5, 5.41) is 6.32. The number of nitrogens with one attached hydrogen (secondary N) is 2. The van der Waals surface area contributed by atoms with E-state index < -0.39 is 0 Å². The Morgan fingerprint density at radius 2 is 1.52 bits per heavy atom. The fourth-order valence-electron chi connectivity index (χ4n) is 2.52. The lowest BCUT2D eigenvalue weighted by Gasteiger charge is -2.11. The summed E-state index contributed by atoms with van der Waals surface area (Å²) in [5.74, 6) is 2.13. The van der Waals surface area contributed by atoms with Gasteiger partial charge in [0.25, 0.3) is 0 Å². The van der Waals surface area contributed by atoms with Gasteiger partial charge in [-0.05, 0) is 30.3 Å². The van der Waals surface area contributed by atoms with Crippen LogP contribution in [-0.4, -0.2) is 34.2 Å². The summed E-state index contributed by atoms with van der Waals surface area (Å²) < 4.78 is 11.7. The molecule has 136 valence electrons. The van der Waals surface area contributed by atoms with Gasteiger partial charge >= 0.3 is 0 Å². The molecular formula is C18H16N6O2S. The Morgan fingerprint density at radius 3 is 2.26 bits per heavy atom. The molecule has 0 spiro atoms. The molecule has 0 bridgehead atoms. The highest BCUT2D eigenvalue weighted by Gasteiger charge is 2.07. The van der Waals surface area contributed by atoms with E-state index in [1.54, 1.807) is 25.6 Å². The molecule has 0 unspecified atom stereocenters. The van der Waals surface area contributed by atoms with Crippen molar-refractivity contribution in [1.82, 2.24) is 19.9 Å². The molecule has 8 nitrogen and oxygen atoms in total. The monoisotopic (exact) mass is 380 g/mol. The lowest BCUT2D eigenvalue weighted by Crippen LogP contribution is -2.03. The number of methoxy groups -OCH3 is 2. The third-order valence-corrected chi connectivity index (χ3v) is 4.59. The van der Waals surface area contributed by atoms with E-state index in [1.807, 2.05) is 41.9 Å². The molecule has 9 heteroatoms. The first-order valence-electron chi connectivity index (χ1n) is 8.03. The molecule has 0 saturated heterocycles. The van der Waals surface area contributed by atoms with Gasteiger partial charge in [0.1, 0.15) is 6.33 Å². The van der Waals surface area contributed by atoms with Crippen LogP contribution in [0, 0.1) is 0 Å². The highest BCUT2D eigenvalue weighted by molar-refractivity contribution is 7.16. The first kappa shape index (κ1) is 17.0. The molecule has 0 amide bonds. The van der Waals surface area contributed by atoms with Gasteiger partial charge in [-0.1, -0.05) is 0 Å². The Morgan fingerprint density at radius 1 is 0.815 bits per heavy atom. The standard InChI is InChI=1S/C18H16N6O2S/c1-25-14-6-4-11(7-15(14)26-2)22-17-19-9-20-18(24-17)23-12-3-5-13-16(8-12)27-10-21-13/h3-10H,1-2H3,(H2,19,20,22,23,24). The molecule has 0 atom stereocenters. The van der Waals surface area contributed by atoms with Crippen LogP contribution in [0.25, 0.3) is 10.2 Å². The van der Waals surface area contributed by atoms with Crippen molar-refractivity contribution in [1.29, 1.82) is 0 Å². The average molecular weight is 380 g/mol. The van der Waals surface area contributed by atoms with Crippen LogP contribution in [0.4, 0.5) is 23.3 Å². The van der Waals surface area contributed by atoms with Crippen LogP contribution in [-0.2, 0) is 0 Å². The van der Waals surface area contributed by atoms with E-state index in [0.717, 1.165) is 21.6 Å². The smallest absolute Gasteiger partial charge is 0.232 e. The van der Waals surface area contributed by atoms with Crippen molar-refractivity contribution in [3.63, 3.8) is 0 Å². The lowest BCUT2D eigenvalue weighted by molar-refractivity contribution is 0.355. The van der Waals surface area contributed by atoms with Gasteiger partial charge in [-0.3, -0.25) is 0 Å². The van der Waals surface area contributed by atoms with Gasteiger partial charge in [-0.25, -0.2) is 15.0 Å². The predicted molar refractivity (Wildman–Crippen MR) is 106 cm³/mol. The maximum atomic E-state index is 5.31. The minimum atomic E-state index is 0.415. The number of hydrogen-bond donors (Lipinski definition) is 2. The second kappa shape index (κ2) is 7.42. The Labute approximate surface area is 159 Å². The van der Waals surface area contributed by atoms with Crippen molar-refractivity contribution in [3.8, 4) is 11.5 Å². The van der Waals surface area contributed by atoms with Gasteiger partial charge in [-0.15, -0.1) is 11.3 Å². The molecule has 0 saturated carbocycles. The van der Waals surface area contributed by atoms with Crippen LogP contribution < -0.4 is 20.1 Å². The molecule has 4 aromatic rings. The number of anilines is 4.